The number of nitrogens with one attached hydrogen (secondary N) is 2. The van der Waals surface area contributed by atoms with Gasteiger partial charge in [0.1, 0.15) is 12.4 Å². The summed E-state index contributed by atoms with van der Waals surface area (Å²) in [6.07, 6.45) is 8.70. The monoisotopic (exact) mass is 373 g/mol. The van der Waals surface area contributed by atoms with Gasteiger partial charge >= 0.3 is 0 Å². The van der Waals surface area contributed by atoms with Gasteiger partial charge in [0.25, 0.3) is 0 Å². The maximum atomic E-state index is 6.01. The molecule has 5 heterocycles. The fraction of sp³-hybridized carbons (Fsp3) is 0.364. The smallest absolute Gasteiger partial charge is 0.223 e. The fourth-order valence-electron chi connectivity index (χ4n) is 4.89. The standard InChI is InChI=1S/C22H23N5O/c1-8-23-27(9-1)18-4-5-19-14(10-18)13-28-22-20(19)6-7-21(26-22)25-17-11-15-2-3-16(12-17)24-15/h1,4-10,15-17,24H,2-3,11-13H2,(H,25,26). The van der Waals surface area contributed by atoms with Crippen molar-refractivity contribution < 1.29 is 4.74 Å². The van der Waals surface area contributed by atoms with Gasteiger partial charge in [-0.15, -0.1) is 0 Å². The van der Waals surface area contributed by atoms with Crippen LogP contribution in [0.3, 0.4) is 0 Å². The molecule has 0 aliphatic carbocycles. The summed E-state index contributed by atoms with van der Waals surface area (Å²) in [7, 11) is 0. The lowest BCUT2D eigenvalue weighted by molar-refractivity contribution is 0.290. The number of pyridine rings is 1. The number of fused-ring (bicyclic) bond motifs is 5. The lowest BCUT2D eigenvalue weighted by atomic mass is 9.98. The minimum atomic E-state index is 0.497. The van der Waals surface area contributed by atoms with Crippen molar-refractivity contribution in [3.63, 3.8) is 0 Å². The van der Waals surface area contributed by atoms with E-state index in [9.17, 15) is 0 Å². The van der Waals surface area contributed by atoms with Gasteiger partial charge < -0.3 is 15.4 Å². The lowest BCUT2D eigenvalue weighted by Gasteiger charge is -2.30. The number of hydrogen-bond donors (Lipinski definition) is 2. The molecular formula is C22H23N5O. The van der Waals surface area contributed by atoms with Crippen LogP contribution in [0.2, 0.25) is 0 Å². The van der Waals surface area contributed by atoms with E-state index in [1.807, 2.05) is 16.9 Å². The van der Waals surface area contributed by atoms with E-state index in [4.69, 9.17) is 9.72 Å². The van der Waals surface area contributed by atoms with Crippen molar-refractivity contribution in [3.05, 3.63) is 54.4 Å². The second-order valence-electron chi connectivity index (χ2n) is 8.08. The van der Waals surface area contributed by atoms with Gasteiger partial charge in [-0.3, -0.25) is 0 Å². The summed E-state index contributed by atoms with van der Waals surface area (Å²) in [6, 6.07) is 14.4. The Labute approximate surface area is 163 Å². The summed E-state index contributed by atoms with van der Waals surface area (Å²) in [4.78, 5) is 4.78. The number of hydrogen-bond acceptors (Lipinski definition) is 5. The van der Waals surface area contributed by atoms with Gasteiger partial charge in [0.2, 0.25) is 5.88 Å². The van der Waals surface area contributed by atoms with Gasteiger partial charge in [-0.25, -0.2) is 4.68 Å². The molecule has 2 bridgehead atoms. The van der Waals surface area contributed by atoms with Gasteiger partial charge in [0.15, 0.2) is 0 Å². The Morgan fingerprint density at radius 2 is 1.93 bits per heavy atom. The molecule has 2 unspecified atom stereocenters. The Bertz CT molecular complexity index is 1000. The van der Waals surface area contributed by atoms with Crippen molar-refractivity contribution in [3.8, 4) is 22.7 Å². The molecule has 2 N–H and O–H groups in total. The summed E-state index contributed by atoms with van der Waals surface area (Å²) < 4.78 is 7.88. The quantitative estimate of drug-likeness (QED) is 0.735. The molecule has 2 saturated heterocycles. The topological polar surface area (TPSA) is 64.0 Å². The number of aromatic nitrogens is 3. The van der Waals surface area contributed by atoms with Gasteiger partial charge in [-0.2, -0.15) is 10.1 Å². The second kappa shape index (κ2) is 6.34. The molecule has 3 aliphatic heterocycles. The zero-order chi connectivity index (χ0) is 18.5. The van der Waals surface area contributed by atoms with E-state index in [1.165, 1.54) is 31.2 Å². The van der Waals surface area contributed by atoms with Crippen molar-refractivity contribution in [2.75, 3.05) is 5.32 Å². The first-order valence-electron chi connectivity index (χ1n) is 10.1. The van der Waals surface area contributed by atoms with Crippen molar-refractivity contribution in [2.45, 2.75) is 50.4 Å². The maximum absolute atomic E-state index is 6.01. The third-order valence-electron chi connectivity index (χ3n) is 6.20. The fourth-order valence-corrected chi connectivity index (χ4v) is 4.89. The van der Waals surface area contributed by atoms with Crippen molar-refractivity contribution in [2.24, 2.45) is 0 Å². The average Bonchev–Trinajstić information content (AvgIpc) is 3.37. The summed E-state index contributed by atoms with van der Waals surface area (Å²) >= 11 is 0. The molecule has 142 valence electrons. The number of rotatable bonds is 3. The molecule has 0 saturated carbocycles. The highest BCUT2D eigenvalue weighted by atomic mass is 16.5. The Morgan fingerprint density at radius 1 is 1.07 bits per heavy atom. The molecule has 6 nitrogen and oxygen atoms in total. The van der Waals surface area contributed by atoms with E-state index in [1.54, 1.807) is 6.20 Å². The van der Waals surface area contributed by atoms with Crippen LogP contribution in [0.1, 0.15) is 31.2 Å². The molecule has 2 aromatic heterocycles. The molecule has 2 atom stereocenters. The van der Waals surface area contributed by atoms with Crippen LogP contribution in [0.25, 0.3) is 16.8 Å². The highest BCUT2D eigenvalue weighted by Crippen LogP contribution is 2.38. The van der Waals surface area contributed by atoms with E-state index >= 15 is 0 Å². The van der Waals surface area contributed by atoms with Crippen LogP contribution >= 0.6 is 0 Å². The zero-order valence-corrected chi connectivity index (χ0v) is 15.6. The highest BCUT2D eigenvalue weighted by Gasteiger charge is 2.33. The predicted octanol–water partition coefficient (Wildman–Crippen LogP) is 3.52. The number of ether oxygens (including phenoxy) is 1. The SMILES string of the molecule is c1cnn(-c2ccc3c(c2)COc2nc(NC4CC5CCC(C4)N5)ccc2-3)c1. The zero-order valence-electron chi connectivity index (χ0n) is 15.6. The number of piperidine rings is 1. The van der Waals surface area contributed by atoms with Crippen LogP contribution in [0.15, 0.2) is 48.8 Å². The van der Waals surface area contributed by atoms with Crippen molar-refractivity contribution >= 4 is 5.82 Å². The molecule has 0 radical (unpaired) electrons. The third-order valence-corrected chi connectivity index (χ3v) is 6.20. The molecule has 0 spiro atoms. The molecule has 28 heavy (non-hydrogen) atoms. The minimum Gasteiger partial charge on any atom is -0.472 e. The van der Waals surface area contributed by atoms with Crippen LogP contribution in [-0.2, 0) is 6.61 Å². The Kier molecular flexibility index (Phi) is 3.65. The molecule has 3 aliphatic rings. The van der Waals surface area contributed by atoms with E-state index in [0.29, 0.717) is 24.7 Å². The number of benzene rings is 1. The normalized spacial score (nSPS) is 24.9. The molecule has 3 aromatic rings. The number of anilines is 1. The van der Waals surface area contributed by atoms with E-state index in [0.717, 1.165) is 28.5 Å². The lowest BCUT2D eigenvalue weighted by Crippen LogP contribution is -2.43. The van der Waals surface area contributed by atoms with Crippen LogP contribution in [0, 0.1) is 0 Å². The molecule has 6 rings (SSSR count). The third kappa shape index (κ3) is 2.76. The minimum absolute atomic E-state index is 0.497. The largest absolute Gasteiger partial charge is 0.472 e. The Morgan fingerprint density at radius 3 is 2.75 bits per heavy atom. The summed E-state index contributed by atoms with van der Waals surface area (Å²) in [6.45, 7) is 0.533. The van der Waals surface area contributed by atoms with Crippen LogP contribution in [0.4, 0.5) is 5.82 Å². The van der Waals surface area contributed by atoms with Gasteiger partial charge in [-0.1, -0.05) is 6.07 Å². The summed E-state index contributed by atoms with van der Waals surface area (Å²) in [5.74, 6) is 1.64. The first-order valence-corrected chi connectivity index (χ1v) is 10.1. The first kappa shape index (κ1) is 16.1. The Balaban J connectivity index is 1.26. The van der Waals surface area contributed by atoms with Gasteiger partial charge in [0, 0.05) is 36.1 Å². The van der Waals surface area contributed by atoms with Crippen LogP contribution < -0.4 is 15.4 Å². The molecule has 6 heteroatoms. The van der Waals surface area contributed by atoms with Gasteiger partial charge in [0.05, 0.1) is 5.69 Å². The Hall–Kier alpha value is -2.86. The van der Waals surface area contributed by atoms with Gasteiger partial charge in [-0.05, 0) is 67.1 Å². The second-order valence-corrected chi connectivity index (χ2v) is 8.08. The summed E-state index contributed by atoms with van der Waals surface area (Å²) in [5, 5.41) is 11.6. The average molecular weight is 373 g/mol. The van der Waals surface area contributed by atoms with E-state index in [-0.39, 0.29) is 0 Å². The molecule has 1 aromatic carbocycles. The summed E-state index contributed by atoms with van der Waals surface area (Å²) in [5.41, 5.74) is 4.46. The molecule has 0 amide bonds. The maximum Gasteiger partial charge on any atom is 0.223 e. The molecular weight excluding hydrogens is 350 g/mol. The predicted molar refractivity (Wildman–Crippen MR) is 108 cm³/mol. The number of nitrogens with zero attached hydrogens (tertiary/aromatic N) is 3. The van der Waals surface area contributed by atoms with Crippen molar-refractivity contribution in [1.29, 1.82) is 0 Å². The van der Waals surface area contributed by atoms with E-state index < -0.39 is 0 Å². The first-order chi connectivity index (χ1) is 13.8. The van der Waals surface area contributed by atoms with Crippen molar-refractivity contribution in [1.82, 2.24) is 20.1 Å². The molecule has 2 fully saturated rings. The van der Waals surface area contributed by atoms with Crippen LogP contribution in [-0.4, -0.2) is 32.9 Å². The highest BCUT2D eigenvalue weighted by molar-refractivity contribution is 5.75. The van der Waals surface area contributed by atoms with Crippen LogP contribution in [0.5, 0.6) is 5.88 Å². The van der Waals surface area contributed by atoms with E-state index in [2.05, 4.69) is 46.1 Å².